The predicted molar refractivity (Wildman–Crippen MR) is 70.1 cm³/mol. The van der Waals surface area contributed by atoms with Gasteiger partial charge >= 0.3 is 0 Å². The van der Waals surface area contributed by atoms with Crippen LogP contribution >= 0.6 is 11.3 Å². The average Bonchev–Trinajstić information content (AvgIpc) is 3.00. The first-order valence-corrected chi connectivity index (χ1v) is 6.60. The van der Waals surface area contributed by atoms with Gasteiger partial charge < -0.3 is 10.5 Å². The number of ether oxygens (including phenoxy) is 1. The highest BCUT2D eigenvalue weighted by Crippen LogP contribution is 2.31. The zero-order valence-corrected chi connectivity index (χ0v) is 10.2. The van der Waals surface area contributed by atoms with Crippen LogP contribution in [0, 0.1) is 0 Å². The molecule has 2 heterocycles. The Morgan fingerprint density at radius 1 is 1.41 bits per heavy atom. The molecular formula is C13H14N2OS. The number of nitrogen functional groups attached to an aromatic ring is 1. The van der Waals surface area contributed by atoms with Crippen molar-refractivity contribution in [1.82, 2.24) is 4.98 Å². The van der Waals surface area contributed by atoms with Gasteiger partial charge in [-0.3, -0.25) is 0 Å². The molecule has 1 atom stereocenters. The third-order valence-electron chi connectivity index (χ3n) is 2.98. The largest absolute Gasteiger partial charge is 0.399 e. The third-order valence-corrected chi connectivity index (χ3v) is 3.99. The lowest BCUT2D eigenvalue weighted by Gasteiger charge is -2.01. The molecule has 1 aliphatic rings. The lowest BCUT2D eigenvalue weighted by Crippen LogP contribution is -1.96. The van der Waals surface area contributed by atoms with E-state index in [4.69, 9.17) is 10.5 Å². The first-order valence-electron chi connectivity index (χ1n) is 5.72. The molecule has 1 aromatic carbocycles. The Morgan fingerprint density at radius 2 is 2.35 bits per heavy atom. The summed E-state index contributed by atoms with van der Waals surface area (Å²) in [5.41, 5.74) is 8.67. The Kier molecular flexibility index (Phi) is 2.82. The molecule has 88 valence electrons. The van der Waals surface area contributed by atoms with Gasteiger partial charge in [0.15, 0.2) is 0 Å². The number of rotatable bonds is 2. The second-order valence-electron chi connectivity index (χ2n) is 4.26. The van der Waals surface area contributed by atoms with Crippen LogP contribution in [0.25, 0.3) is 11.3 Å². The number of aromatic nitrogens is 1. The van der Waals surface area contributed by atoms with Crippen LogP contribution in [0.5, 0.6) is 0 Å². The van der Waals surface area contributed by atoms with Crippen LogP contribution in [0.3, 0.4) is 0 Å². The van der Waals surface area contributed by atoms with Gasteiger partial charge in [0.1, 0.15) is 0 Å². The summed E-state index contributed by atoms with van der Waals surface area (Å²) < 4.78 is 5.39. The van der Waals surface area contributed by atoms with Gasteiger partial charge in [-0.15, -0.1) is 11.3 Å². The van der Waals surface area contributed by atoms with Crippen molar-refractivity contribution < 1.29 is 4.74 Å². The SMILES string of the molecule is Nc1cccc(-c2csc(C3CCOC3)n2)c1. The summed E-state index contributed by atoms with van der Waals surface area (Å²) in [6.07, 6.45) is 1.09. The number of anilines is 1. The molecule has 0 spiro atoms. The first-order chi connectivity index (χ1) is 8.33. The van der Waals surface area contributed by atoms with Crippen molar-refractivity contribution in [2.45, 2.75) is 12.3 Å². The summed E-state index contributed by atoms with van der Waals surface area (Å²) >= 11 is 1.72. The fourth-order valence-electron chi connectivity index (χ4n) is 2.03. The molecule has 3 rings (SSSR count). The molecule has 1 unspecified atom stereocenters. The van der Waals surface area contributed by atoms with Gasteiger partial charge in [0.25, 0.3) is 0 Å². The molecule has 1 fully saturated rings. The fourth-order valence-corrected chi connectivity index (χ4v) is 2.99. The topological polar surface area (TPSA) is 48.1 Å². The van der Waals surface area contributed by atoms with Crippen LogP contribution in [0.4, 0.5) is 5.69 Å². The molecule has 0 bridgehead atoms. The molecule has 2 aromatic rings. The van der Waals surface area contributed by atoms with Crippen molar-refractivity contribution in [3.63, 3.8) is 0 Å². The smallest absolute Gasteiger partial charge is 0.0987 e. The van der Waals surface area contributed by atoms with Crippen LogP contribution in [0.2, 0.25) is 0 Å². The minimum atomic E-state index is 0.481. The highest BCUT2D eigenvalue weighted by Gasteiger charge is 2.21. The maximum absolute atomic E-state index is 5.78. The lowest BCUT2D eigenvalue weighted by molar-refractivity contribution is 0.194. The Hall–Kier alpha value is -1.39. The van der Waals surface area contributed by atoms with Gasteiger partial charge in [0, 0.05) is 29.2 Å². The molecule has 4 heteroatoms. The Labute approximate surface area is 104 Å². The summed E-state index contributed by atoms with van der Waals surface area (Å²) in [5, 5.41) is 3.28. The zero-order chi connectivity index (χ0) is 11.7. The molecule has 1 aliphatic heterocycles. The van der Waals surface area contributed by atoms with Crippen molar-refractivity contribution in [3.8, 4) is 11.3 Å². The van der Waals surface area contributed by atoms with Gasteiger partial charge in [-0.25, -0.2) is 4.98 Å². The van der Waals surface area contributed by atoms with E-state index in [9.17, 15) is 0 Å². The standard InChI is InChI=1S/C13H14N2OS/c14-11-3-1-2-9(6-11)12-8-17-13(15-12)10-4-5-16-7-10/h1-3,6,8,10H,4-5,7,14H2. The second kappa shape index (κ2) is 4.47. The van der Waals surface area contributed by atoms with Crippen molar-refractivity contribution in [1.29, 1.82) is 0 Å². The third kappa shape index (κ3) is 2.18. The number of hydrogen-bond acceptors (Lipinski definition) is 4. The molecule has 0 amide bonds. The van der Waals surface area contributed by atoms with Gasteiger partial charge in [-0.1, -0.05) is 12.1 Å². The van der Waals surface area contributed by atoms with Gasteiger partial charge in [0.2, 0.25) is 0 Å². The van der Waals surface area contributed by atoms with Crippen LogP contribution in [0.1, 0.15) is 17.3 Å². The lowest BCUT2D eigenvalue weighted by atomic mass is 10.1. The number of nitrogens with two attached hydrogens (primary N) is 1. The van der Waals surface area contributed by atoms with Crippen LogP contribution < -0.4 is 5.73 Å². The number of thiazole rings is 1. The fraction of sp³-hybridized carbons (Fsp3) is 0.308. The highest BCUT2D eigenvalue weighted by atomic mass is 32.1. The molecule has 0 radical (unpaired) electrons. The van der Waals surface area contributed by atoms with E-state index in [0.717, 1.165) is 36.6 Å². The van der Waals surface area contributed by atoms with E-state index >= 15 is 0 Å². The Bertz CT molecular complexity index is 518. The predicted octanol–water partition coefficient (Wildman–Crippen LogP) is 2.90. The van der Waals surface area contributed by atoms with Crippen molar-refractivity contribution in [2.24, 2.45) is 0 Å². The number of nitrogens with zero attached hydrogens (tertiary/aromatic N) is 1. The van der Waals surface area contributed by atoms with Crippen molar-refractivity contribution in [3.05, 3.63) is 34.7 Å². The summed E-state index contributed by atoms with van der Waals surface area (Å²) in [6.45, 7) is 1.67. The van der Waals surface area contributed by atoms with E-state index in [1.54, 1.807) is 11.3 Å². The van der Waals surface area contributed by atoms with E-state index in [1.807, 2.05) is 24.3 Å². The zero-order valence-electron chi connectivity index (χ0n) is 9.43. The summed E-state index contributed by atoms with van der Waals surface area (Å²) in [6, 6.07) is 7.86. The van der Waals surface area contributed by atoms with E-state index < -0.39 is 0 Å². The normalized spacial score (nSPS) is 19.6. The summed E-state index contributed by atoms with van der Waals surface area (Å²) in [4.78, 5) is 4.69. The number of hydrogen-bond donors (Lipinski definition) is 1. The molecule has 17 heavy (non-hydrogen) atoms. The molecule has 0 aliphatic carbocycles. The van der Waals surface area contributed by atoms with Crippen molar-refractivity contribution >= 4 is 17.0 Å². The highest BCUT2D eigenvalue weighted by molar-refractivity contribution is 7.10. The molecule has 3 nitrogen and oxygen atoms in total. The maximum Gasteiger partial charge on any atom is 0.0987 e. The van der Waals surface area contributed by atoms with E-state index in [2.05, 4.69) is 10.4 Å². The summed E-state index contributed by atoms with van der Waals surface area (Å²) in [5.74, 6) is 0.481. The minimum absolute atomic E-state index is 0.481. The Morgan fingerprint density at radius 3 is 3.12 bits per heavy atom. The molecular weight excluding hydrogens is 232 g/mol. The van der Waals surface area contributed by atoms with Gasteiger partial charge in [-0.05, 0) is 18.6 Å². The molecule has 0 saturated carbocycles. The summed E-state index contributed by atoms with van der Waals surface area (Å²) in [7, 11) is 0. The minimum Gasteiger partial charge on any atom is -0.399 e. The molecule has 2 N–H and O–H groups in total. The quantitative estimate of drug-likeness (QED) is 0.829. The van der Waals surface area contributed by atoms with Crippen molar-refractivity contribution in [2.75, 3.05) is 18.9 Å². The maximum atomic E-state index is 5.78. The number of benzene rings is 1. The average molecular weight is 246 g/mol. The van der Waals surface area contributed by atoms with E-state index in [-0.39, 0.29) is 0 Å². The van der Waals surface area contributed by atoms with Gasteiger partial charge in [-0.2, -0.15) is 0 Å². The Balaban J connectivity index is 1.89. The molecule has 1 aromatic heterocycles. The first kappa shape index (κ1) is 10.7. The van der Waals surface area contributed by atoms with E-state index in [0.29, 0.717) is 5.92 Å². The monoisotopic (exact) mass is 246 g/mol. The van der Waals surface area contributed by atoms with E-state index in [1.165, 1.54) is 5.01 Å². The second-order valence-corrected chi connectivity index (χ2v) is 5.15. The van der Waals surface area contributed by atoms with Crippen LogP contribution in [0.15, 0.2) is 29.6 Å². The van der Waals surface area contributed by atoms with Crippen LogP contribution in [-0.4, -0.2) is 18.2 Å². The molecule has 1 saturated heterocycles. The van der Waals surface area contributed by atoms with Gasteiger partial charge in [0.05, 0.1) is 17.3 Å². The van der Waals surface area contributed by atoms with Crippen LogP contribution in [-0.2, 0) is 4.74 Å².